The third-order valence-electron chi connectivity index (χ3n) is 9.02. The Morgan fingerprint density at radius 1 is 0.767 bits per heavy atom. The fourth-order valence-electron chi connectivity index (χ4n) is 7.11. The molecule has 3 aliphatic heterocycles. The van der Waals surface area contributed by atoms with E-state index in [1.165, 1.54) is 4.68 Å². The van der Waals surface area contributed by atoms with Crippen LogP contribution in [0, 0.1) is 40.8 Å². The number of nitrogens with one attached hydrogen (secondary N) is 1. The molecule has 0 aliphatic carbocycles. The highest BCUT2D eigenvalue weighted by Crippen LogP contribution is 2.64. The molecule has 4 heterocycles. The van der Waals surface area contributed by atoms with Crippen molar-refractivity contribution < 1.29 is 26.3 Å². The fraction of sp³-hybridized carbons (Fsp3) is 0.500. The lowest BCUT2D eigenvalue weighted by atomic mass is 9.64. The number of hydrogen-bond acceptors (Lipinski definition) is 6. The van der Waals surface area contributed by atoms with Gasteiger partial charge in [-0.25, -0.2) is 26.3 Å². The van der Waals surface area contributed by atoms with Crippen LogP contribution in [0.4, 0.5) is 32.3 Å². The number of piperazine rings is 1. The monoisotopic (exact) mass is 647 g/mol. The Morgan fingerprint density at radius 2 is 1.23 bits per heavy atom. The second-order valence-corrected chi connectivity index (χ2v) is 12.9. The molecule has 6 rings (SSSR count). The molecule has 232 valence electrons. The Balaban J connectivity index is 1.87. The third-order valence-corrected chi connectivity index (χ3v) is 9.77. The first kappa shape index (κ1) is 30.4. The van der Waals surface area contributed by atoms with Gasteiger partial charge in [0.1, 0.15) is 46.6 Å². The molecule has 0 saturated carbocycles. The highest BCUT2D eigenvalue weighted by Gasteiger charge is 2.76. The van der Waals surface area contributed by atoms with E-state index in [-0.39, 0.29) is 38.0 Å². The van der Waals surface area contributed by atoms with E-state index in [4.69, 9.17) is 23.2 Å². The zero-order valence-electron chi connectivity index (χ0n) is 23.3. The van der Waals surface area contributed by atoms with Gasteiger partial charge >= 0.3 is 0 Å². The number of halogens is 8. The summed E-state index contributed by atoms with van der Waals surface area (Å²) in [6, 6.07) is 1.58. The molecular formula is C28H29Cl2F6N7. The minimum Gasteiger partial charge on any atom is -0.322 e. The van der Waals surface area contributed by atoms with Gasteiger partial charge in [0.15, 0.2) is 5.79 Å². The van der Waals surface area contributed by atoms with Crippen LogP contribution in [0.1, 0.15) is 30.9 Å². The summed E-state index contributed by atoms with van der Waals surface area (Å²) in [5.41, 5.74) is -4.88. The number of hydrogen-bond donors (Lipinski definition) is 1. The van der Waals surface area contributed by atoms with E-state index in [0.717, 1.165) is 6.33 Å². The highest BCUT2D eigenvalue weighted by atomic mass is 35.5. The Bertz CT molecular complexity index is 1410. The first-order valence-corrected chi connectivity index (χ1v) is 14.7. The van der Waals surface area contributed by atoms with Crippen molar-refractivity contribution in [1.29, 1.82) is 0 Å². The number of nitrogens with zero attached hydrogens (tertiary/aromatic N) is 6. The van der Waals surface area contributed by atoms with Crippen LogP contribution < -0.4 is 5.32 Å². The summed E-state index contributed by atoms with van der Waals surface area (Å²) in [5, 5.41) is 7.15. The van der Waals surface area contributed by atoms with Crippen molar-refractivity contribution in [3.05, 3.63) is 76.6 Å². The van der Waals surface area contributed by atoms with Gasteiger partial charge in [-0.15, -0.1) is 0 Å². The van der Waals surface area contributed by atoms with E-state index < -0.39 is 61.7 Å². The number of aromatic nitrogens is 3. The Hall–Kier alpha value is -2.58. The van der Waals surface area contributed by atoms with Gasteiger partial charge < -0.3 is 10.2 Å². The van der Waals surface area contributed by atoms with Crippen molar-refractivity contribution in [1.82, 2.24) is 29.5 Å². The molecule has 0 bridgehead atoms. The molecule has 3 aromatic rings. The zero-order valence-corrected chi connectivity index (χ0v) is 24.8. The van der Waals surface area contributed by atoms with Gasteiger partial charge in [0.05, 0.1) is 0 Å². The van der Waals surface area contributed by atoms with Crippen LogP contribution in [0.5, 0.6) is 0 Å². The summed E-state index contributed by atoms with van der Waals surface area (Å²) in [6.45, 7) is 3.90. The van der Waals surface area contributed by atoms with Crippen molar-refractivity contribution in [3.8, 4) is 0 Å². The van der Waals surface area contributed by atoms with E-state index in [1.54, 1.807) is 9.80 Å². The lowest BCUT2D eigenvalue weighted by molar-refractivity contribution is -0.201. The first-order chi connectivity index (χ1) is 20.3. The van der Waals surface area contributed by atoms with Gasteiger partial charge in [-0.05, 0) is 25.8 Å². The summed E-state index contributed by atoms with van der Waals surface area (Å²) >= 11 is 14.3. The molecule has 2 fully saturated rings. The zero-order chi connectivity index (χ0) is 30.9. The molecule has 2 aromatic carbocycles. The average molecular weight is 648 g/mol. The van der Waals surface area contributed by atoms with E-state index in [0.29, 0.717) is 50.2 Å². The number of likely N-dealkylation sites (tertiary alicyclic amines) is 1. The van der Waals surface area contributed by atoms with Crippen LogP contribution in [-0.2, 0) is 11.2 Å². The van der Waals surface area contributed by atoms with Gasteiger partial charge in [0, 0.05) is 74.7 Å². The van der Waals surface area contributed by atoms with Crippen molar-refractivity contribution >= 4 is 29.2 Å². The molecule has 2 saturated heterocycles. The van der Waals surface area contributed by atoms with Crippen LogP contribution in [-0.4, -0.2) is 80.2 Å². The van der Waals surface area contributed by atoms with Gasteiger partial charge in [-0.2, -0.15) is 14.8 Å². The van der Waals surface area contributed by atoms with E-state index in [1.807, 2.05) is 18.9 Å². The number of rotatable bonds is 4. The Labute approximate surface area is 254 Å². The first-order valence-electron chi connectivity index (χ1n) is 13.9. The number of piperidine rings is 1. The molecule has 7 nitrogen and oxygen atoms in total. The van der Waals surface area contributed by atoms with Crippen LogP contribution in [0.25, 0.3) is 0 Å². The number of fused-ring (bicyclic) bond motifs is 1. The quantitative estimate of drug-likeness (QED) is 0.237. The number of benzene rings is 2. The molecule has 43 heavy (non-hydrogen) atoms. The molecule has 0 spiro atoms. The maximum Gasteiger partial charge on any atom is 0.226 e. The number of anilines is 1. The van der Waals surface area contributed by atoms with Crippen molar-refractivity contribution in [2.24, 2.45) is 5.92 Å². The highest BCUT2D eigenvalue weighted by molar-refractivity contribution is 6.51. The van der Waals surface area contributed by atoms with Gasteiger partial charge in [0.25, 0.3) is 0 Å². The van der Waals surface area contributed by atoms with Crippen molar-refractivity contribution in [3.63, 3.8) is 0 Å². The smallest absolute Gasteiger partial charge is 0.226 e. The van der Waals surface area contributed by atoms with Crippen LogP contribution in [0.2, 0.25) is 0 Å². The standard InChI is InChI=1S/C28H29Cl2F6N7/c1-16-3-5-41(6-4-16)28(42-9-7-40(2)8-10-42)26(23-19(33)11-17(31)12-20(23)34,24-21(35)13-18(32)14-22(24)36)27(29,30)39-25-37-15-38-43(25)28/h11-16H,3-10H2,1-2H3,(H,37,38,39). The van der Waals surface area contributed by atoms with Crippen molar-refractivity contribution in [2.75, 3.05) is 51.6 Å². The third kappa shape index (κ3) is 4.37. The Kier molecular flexibility index (Phi) is 7.64. The Morgan fingerprint density at radius 3 is 1.72 bits per heavy atom. The predicted molar refractivity (Wildman–Crippen MR) is 149 cm³/mol. The summed E-state index contributed by atoms with van der Waals surface area (Å²) in [7, 11) is 1.88. The molecule has 3 aliphatic rings. The van der Waals surface area contributed by atoms with Gasteiger partial charge in [0.2, 0.25) is 10.4 Å². The largest absolute Gasteiger partial charge is 0.322 e. The van der Waals surface area contributed by atoms with Gasteiger partial charge in [-0.3, -0.25) is 9.80 Å². The van der Waals surface area contributed by atoms with Crippen LogP contribution in [0.3, 0.4) is 0 Å². The van der Waals surface area contributed by atoms with Crippen LogP contribution in [0.15, 0.2) is 30.6 Å². The summed E-state index contributed by atoms with van der Waals surface area (Å²) in [4.78, 5) is 9.86. The lowest BCUT2D eigenvalue weighted by Gasteiger charge is -2.66. The van der Waals surface area contributed by atoms with Crippen molar-refractivity contribution in [2.45, 2.75) is 35.4 Å². The summed E-state index contributed by atoms with van der Waals surface area (Å²) < 4.78 is 93.1. The number of alkyl halides is 2. The maximum atomic E-state index is 16.4. The summed E-state index contributed by atoms with van der Waals surface area (Å²) in [5.74, 6) is -10.4. The maximum absolute atomic E-state index is 16.4. The second-order valence-electron chi connectivity index (χ2n) is 11.5. The molecule has 15 heteroatoms. The van der Waals surface area contributed by atoms with Gasteiger partial charge in [-0.1, -0.05) is 30.1 Å². The molecule has 1 unspecified atom stereocenters. The van der Waals surface area contributed by atoms with E-state index in [2.05, 4.69) is 15.4 Å². The molecular weight excluding hydrogens is 619 g/mol. The van der Waals surface area contributed by atoms with E-state index >= 15 is 17.6 Å². The van der Waals surface area contributed by atoms with E-state index in [9.17, 15) is 8.78 Å². The SMILES string of the molecule is CC1CCN(C2(N3CCN(C)CC3)n3ncnc3NC(Cl)(Cl)C2(c2c(F)cc(F)cc2F)c2c(F)cc(F)cc2F)CC1. The number of likely N-dealkylation sites (N-methyl/N-ethyl adjacent to an activating group) is 1. The minimum atomic E-state index is -2.84. The minimum absolute atomic E-state index is 0.0379. The summed E-state index contributed by atoms with van der Waals surface area (Å²) in [6.07, 6.45) is 2.36. The average Bonchev–Trinajstić information content (AvgIpc) is 3.37. The molecule has 1 atom stereocenters. The second kappa shape index (κ2) is 10.8. The van der Waals surface area contributed by atoms with Crippen LogP contribution >= 0.6 is 23.2 Å². The molecule has 0 amide bonds. The fourth-order valence-corrected chi connectivity index (χ4v) is 7.92. The predicted octanol–water partition coefficient (Wildman–Crippen LogP) is 5.25. The normalized spacial score (nSPS) is 25.0. The molecule has 1 N–H and O–H groups in total. The topological polar surface area (TPSA) is 52.5 Å². The molecule has 0 radical (unpaired) electrons. The lowest BCUT2D eigenvalue weighted by Crippen LogP contribution is -2.81. The molecule has 1 aromatic heterocycles.